The molecule has 2 heterocycles. The van der Waals surface area contributed by atoms with Crippen LogP contribution < -0.4 is 14.8 Å². The lowest BCUT2D eigenvalue weighted by Gasteiger charge is -2.22. The van der Waals surface area contributed by atoms with Crippen LogP contribution in [0.3, 0.4) is 0 Å². The molecule has 0 bridgehead atoms. The van der Waals surface area contributed by atoms with Gasteiger partial charge < -0.3 is 19.5 Å². The van der Waals surface area contributed by atoms with Crippen molar-refractivity contribution in [2.24, 2.45) is 0 Å². The van der Waals surface area contributed by atoms with Gasteiger partial charge in [0.1, 0.15) is 6.10 Å². The molecule has 1 atom stereocenters. The second-order valence-electron chi connectivity index (χ2n) is 9.22. The molecule has 2 aromatic heterocycles. The molecule has 2 aromatic carbocycles. The average molecular weight is 602 g/mol. The summed E-state index contributed by atoms with van der Waals surface area (Å²) in [5.41, 5.74) is 3.12. The van der Waals surface area contributed by atoms with Crippen molar-refractivity contribution >= 4 is 34.9 Å². The van der Waals surface area contributed by atoms with Crippen molar-refractivity contribution < 1.29 is 27.8 Å². The highest BCUT2D eigenvalue weighted by Crippen LogP contribution is 2.37. The first kappa shape index (κ1) is 30.0. The SMILES string of the molecule is CC(C)Oc1cc([C@H](Cc2c(Cl)cncc2Cl)OC(=O)c2ccc(CNc3cccnc3)cc2)ccc1OC(F)F. The fourth-order valence-electron chi connectivity index (χ4n) is 3.94. The Morgan fingerprint density at radius 1 is 0.927 bits per heavy atom. The van der Waals surface area contributed by atoms with E-state index in [0.717, 1.165) is 11.3 Å². The molecule has 0 aliphatic rings. The molecule has 0 spiro atoms. The van der Waals surface area contributed by atoms with Gasteiger partial charge in [0, 0.05) is 37.8 Å². The summed E-state index contributed by atoms with van der Waals surface area (Å²) in [4.78, 5) is 21.3. The Morgan fingerprint density at radius 2 is 1.66 bits per heavy atom. The summed E-state index contributed by atoms with van der Waals surface area (Å²) in [6.45, 7) is 1.00. The summed E-state index contributed by atoms with van der Waals surface area (Å²) in [6, 6.07) is 15.1. The van der Waals surface area contributed by atoms with E-state index in [1.807, 2.05) is 24.3 Å². The monoisotopic (exact) mass is 601 g/mol. The molecule has 214 valence electrons. The second kappa shape index (κ2) is 14.1. The highest BCUT2D eigenvalue weighted by Gasteiger charge is 2.24. The van der Waals surface area contributed by atoms with Gasteiger partial charge in [0.05, 0.1) is 27.4 Å². The van der Waals surface area contributed by atoms with Gasteiger partial charge in [-0.25, -0.2) is 4.79 Å². The van der Waals surface area contributed by atoms with Crippen molar-refractivity contribution in [2.75, 3.05) is 5.32 Å². The van der Waals surface area contributed by atoms with Crippen LogP contribution in [0.4, 0.5) is 14.5 Å². The van der Waals surface area contributed by atoms with Crippen molar-refractivity contribution in [3.63, 3.8) is 0 Å². The predicted molar refractivity (Wildman–Crippen MR) is 153 cm³/mol. The normalized spacial score (nSPS) is 11.8. The Hall–Kier alpha value is -3.95. The molecule has 11 heteroatoms. The minimum atomic E-state index is -3.04. The molecule has 0 amide bonds. The van der Waals surface area contributed by atoms with Crippen LogP contribution in [0.25, 0.3) is 0 Å². The third-order valence-electron chi connectivity index (χ3n) is 5.86. The highest BCUT2D eigenvalue weighted by molar-refractivity contribution is 6.35. The fourth-order valence-corrected chi connectivity index (χ4v) is 4.46. The van der Waals surface area contributed by atoms with Crippen LogP contribution in [0.15, 0.2) is 79.4 Å². The number of carbonyl (C=O) groups is 1. The molecule has 0 saturated carbocycles. The van der Waals surface area contributed by atoms with Gasteiger partial charge in [-0.2, -0.15) is 8.78 Å². The van der Waals surface area contributed by atoms with E-state index in [1.54, 1.807) is 38.4 Å². The smallest absolute Gasteiger partial charge is 0.387 e. The maximum atomic E-state index is 13.3. The third kappa shape index (κ3) is 8.52. The van der Waals surface area contributed by atoms with E-state index in [2.05, 4.69) is 20.0 Å². The first-order valence-electron chi connectivity index (χ1n) is 12.7. The number of rotatable bonds is 12. The van der Waals surface area contributed by atoms with Gasteiger partial charge >= 0.3 is 12.6 Å². The lowest BCUT2D eigenvalue weighted by Crippen LogP contribution is -2.16. The van der Waals surface area contributed by atoms with Gasteiger partial charge in [-0.15, -0.1) is 0 Å². The minimum Gasteiger partial charge on any atom is -0.487 e. The first-order valence-corrected chi connectivity index (χ1v) is 13.4. The largest absolute Gasteiger partial charge is 0.487 e. The Kier molecular flexibility index (Phi) is 10.3. The standard InChI is InChI=1S/C30H27Cl2F2N3O4/c1-18(2)39-28-12-21(9-10-26(28)41-30(33)34)27(13-23-24(31)16-36-17-25(23)32)40-29(38)20-7-5-19(6-8-20)14-37-22-4-3-11-35-15-22/h3-12,15-18,27,30,37H,13-14H2,1-2H3/t27-/m0/s1. The second-order valence-corrected chi connectivity index (χ2v) is 10.0. The zero-order valence-corrected chi connectivity index (χ0v) is 23.7. The molecule has 0 unspecified atom stereocenters. The van der Waals surface area contributed by atoms with Crippen molar-refractivity contribution in [1.29, 1.82) is 0 Å². The number of halogens is 4. The number of carbonyl (C=O) groups excluding carboxylic acids is 1. The van der Waals surface area contributed by atoms with Crippen LogP contribution in [-0.2, 0) is 17.7 Å². The highest BCUT2D eigenvalue weighted by atomic mass is 35.5. The van der Waals surface area contributed by atoms with Crippen LogP contribution in [0.2, 0.25) is 10.0 Å². The Morgan fingerprint density at radius 3 is 2.29 bits per heavy atom. The first-order chi connectivity index (χ1) is 19.7. The van der Waals surface area contributed by atoms with Gasteiger partial charge in [0.2, 0.25) is 0 Å². The van der Waals surface area contributed by atoms with E-state index in [1.165, 1.54) is 30.6 Å². The van der Waals surface area contributed by atoms with Crippen LogP contribution in [0.5, 0.6) is 11.5 Å². The van der Waals surface area contributed by atoms with E-state index in [0.29, 0.717) is 33.3 Å². The summed E-state index contributed by atoms with van der Waals surface area (Å²) >= 11 is 12.7. The van der Waals surface area contributed by atoms with E-state index < -0.39 is 18.7 Å². The summed E-state index contributed by atoms with van der Waals surface area (Å²) in [5, 5.41) is 3.84. The number of anilines is 1. The molecule has 0 radical (unpaired) electrons. The number of ether oxygens (including phenoxy) is 3. The van der Waals surface area contributed by atoms with E-state index in [4.69, 9.17) is 32.7 Å². The number of hydrogen-bond acceptors (Lipinski definition) is 7. The summed E-state index contributed by atoms with van der Waals surface area (Å²) < 4.78 is 42.3. The van der Waals surface area contributed by atoms with Crippen LogP contribution in [0.1, 0.15) is 47.0 Å². The minimum absolute atomic E-state index is 0.0799. The lowest BCUT2D eigenvalue weighted by atomic mass is 10.0. The lowest BCUT2D eigenvalue weighted by molar-refractivity contribution is -0.0519. The number of esters is 1. The number of nitrogens with one attached hydrogen (secondary N) is 1. The van der Waals surface area contributed by atoms with Crippen LogP contribution >= 0.6 is 23.2 Å². The molecule has 0 fully saturated rings. The summed E-state index contributed by atoms with van der Waals surface area (Å²) in [6.07, 6.45) is 5.15. The maximum Gasteiger partial charge on any atom is 0.387 e. The van der Waals surface area contributed by atoms with Gasteiger partial charge in [-0.3, -0.25) is 9.97 Å². The number of alkyl halides is 2. The summed E-state index contributed by atoms with van der Waals surface area (Å²) in [7, 11) is 0. The number of nitrogens with zero attached hydrogens (tertiary/aromatic N) is 2. The van der Waals surface area contributed by atoms with Crippen molar-refractivity contribution in [1.82, 2.24) is 9.97 Å². The van der Waals surface area contributed by atoms with Crippen molar-refractivity contribution in [3.05, 3.63) is 112 Å². The maximum absolute atomic E-state index is 13.3. The van der Waals surface area contributed by atoms with Crippen LogP contribution in [-0.4, -0.2) is 28.7 Å². The van der Waals surface area contributed by atoms with E-state index >= 15 is 0 Å². The molecular formula is C30H27Cl2F2N3O4. The van der Waals surface area contributed by atoms with Crippen molar-refractivity contribution in [3.8, 4) is 11.5 Å². The Balaban J connectivity index is 1.59. The average Bonchev–Trinajstić information content (AvgIpc) is 2.94. The molecule has 4 aromatic rings. The molecule has 4 rings (SSSR count). The molecule has 1 N–H and O–H groups in total. The zero-order valence-electron chi connectivity index (χ0n) is 22.2. The topological polar surface area (TPSA) is 82.6 Å². The van der Waals surface area contributed by atoms with Gasteiger partial charge in [0.15, 0.2) is 11.5 Å². The molecule has 0 aliphatic heterocycles. The molecule has 7 nitrogen and oxygen atoms in total. The third-order valence-corrected chi connectivity index (χ3v) is 6.51. The number of hydrogen-bond donors (Lipinski definition) is 1. The fraction of sp³-hybridized carbons (Fsp3) is 0.233. The molecular weight excluding hydrogens is 575 g/mol. The number of benzene rings is 2. The quantitative estimate of drug-likeness (QED) is 0.165. The van der Waals surface area contributed by atoms with Crippen molar-refractivity contribution in [2.45, 2.75) is 45.6 Å². The number of pyridine rings is 2. The van der Waals surface area contributed by atoms with Crippen LogP contribution in [0, 0.1) is 0 Å². The van der Waals surface area contributed by atoms with Gasteiger partial charge in [-0.1, -0.05) is 41.4 Å². The molecule has 0 aliphatic carbocycles. The number of aromatic nitrogens is 2. The van der Waals surface area contributed by atoms with E-state index in [-0.39, 0.29) is 24.0 Å². The van der Waals surface area contributed by atoms with Gasteiger partial charge in [-0.05, 0) is 66.9 Å². The molecule has 41 heavy (non-hydrogen) atoms. The predicted octanol–water partition coefficient (Wildman–Crippen LogP) is 7.92. The van der Waals surface area contributed by atoms with Gasteiger partial charge in [0.25, 0.3) is 0 Å². The Labute approximate surface area is 246 Å². The summed E-state index contributed by atoms with van der Waals surface area (Å²) in [5.74, 6) is -0.656. The molecule has 0 saturated heterocycles. The zero-order chi connectivity index (χ0) is 29.4. The van der Waals surface area contributed by atoms with E-state index in [9.17, 15) is 13.6 Å². The Bertz CT molecular complexity index is 1440.